The largest absolute Gasteiger partial charge is 0.416 e. The van der Waals surface area contributed by atoms with Crippen LogP contribution in [0.25, 0.3) is 0 Å². The molecule has 178 valence electrons. The minimum Gasteiger partial charge on any atom is -0.378 e. The summed E-state index contributed by atoms with van der Waals surface area (Å²) in [4.78, 5) is -0.118. The van der Waals surface area contributed by atoms with Crippen LogP contribution >= 0.6 is 0 Å². The molecule has 0 spiro atoms. The van der Waals surface area contributed by atoms with E-state index < -0.39 is 21.8 Å². The van der Waals surface area contributed by atoms with Gasteiger partial charge >= 0.3 is 6.18 Å². The Bertz CT molecular complexity index is 746. The molecule has 0 aromatic heterocycles. The van der Waals surface area contributed by atoms with E-state index in [-0.39, 0.29) is 17.0 Å². The summed E-state index contributed by atoms with van der Waals surface area (Å²) in [6.45, 7) is 4.85. The van der Waals surface area contributed by atoms with E-state index in [9.17, 15) is 21.6 Å². The zero-order valence-corrected chi connectivity index (χ0v) is 19.3. The van der Waals surface area contributed by atoms with Crippen molar-refractivity contribution in [3.05, 3.63) is 29.8 Å². The first-order valence-electron chi connectivity index (χ1n) is 11.1. The number of hydrogen-bond donors (Lipinski definition) is 1. The summed E-state index contributed by atoms with van der Waals surface area (Å²) in [5.41, 5.74) is -0.858. The molecule has 9 heteroatoms. The van der Waals surface area contributed by atoms with Crippen molar-refractivity contribution in [3.63, 3.8) is 0 Å². The number of halogens is 3. The van der Waals surface area contributed by atoms with Crippen LogP contribution in [0.4, 0.5) is 13.2 Å². The molecular weight excluding hydrogens is 429 g/mol. The fraction of sp³-hybridized carbons (Fsp3) is 0.727. The van der Waals surface area contributed by atoms with E-state index in [2.05, 4.69) is 12.2 Å². The van der Waals surface area contributed by atoms with Gasteiger partial charge in [0.15, 0.2) is 0 Å². The zero-order valence-electron chi connectivity index (χ0n) is 18.5. The number of benzene rings is 1. The number of rotatable bonds is 12. The predicted octanol–water partition coefficient (Wildman–Crippen LogP) is 4.82. The Morgan fingerprint density at radius 3 is 2.23 bits per heavy atom. The molecule has 1 aliphatic rings. The lowest BCUT2D eigenvalue weighted by Crippen LogP contribution is -2.40. The van der Waals surface area contributed by atoms with Crippen molar-refractivity contribution in [1.29, 1.82) is 0 Å². The van der Waals surface area contributed by atoms with Crippen LogP contribution in [0.5, 0.6) is 0 Å². The van der Waals surface area contributed by atoms with Crippen LogP contribution in [0.15, 0.2) is 29.2 Å². The molecule has 0 atom stereocenters. The number of alkyl halides is 3. The second-order valence-corrected chi connectivity index (χ2v) is 10.2. The predicted molar refractivity (Wildman–Crippen MR) is 115 cm³/mol. The molecule has 0 aliphatic heterocycles. The van der Waals surface area contributed by atoms with Crippen LogP contribution < -0.4 is 5.32 Å². The lowest BCUT2D eigenvalue weighted by Gasteiger charge is -2.34. The van der Waals surface area contributed by atoms with Gasteiger partial charge < -0.3 is 10.1 Å². The highest BCUT2D eigenvalue weighted by atomic mass is 32.2. The Morgan fingerprint density at radius 2 is 1.65 bits per heavy atom. The summed E-state index contributed by atoms with van der Waals surface area (Å²) in [6, 6.07) is 3.50. The number of sulfonamides is 1. The normalized spacial score (nSPS) is 20.3. The van der Waals surface area contributed by atoms with Gasteiger partial charge in [0, 0.05) is 19.7 Å². The molecule has 31 heavy (non-hydrogen) atoms. The molecule has 0 amide bonds. The summed E-state index contributed by atoms with van der Waals surface area (Å²) < 4.78 is 71.0. The minimum absolute atomic E-state index is 0.118. The van der Waals surface area contributed by atoms with Gasteiger partial charge in [-0.1, -0.05) is 19.8 Å². The van der Waals surface area contributed by atoms with Crippen molar-refractivity contribution < 1.29 is 26.3 Å². The first kappa shape index (κ1) is 26.1. The molecule has 0 heterocycles. The van der Waals surface area contributed by atoms with Crippen LogP contribution in [0, 0.1) is 0 Å². The number of hydrogen-bond acceptors (Lipinski definition) is 4. The third-order valence-electron chi connectivity index (χ3n) is 5.83. The molecule has 1 fully saturated rings. The highest BCUT2D eigenvalue weighted by molar-refractivity contribution is 7.89. The van der Waals surface area contributed by atoms with Gasteiger partial charge in [0.25, 0.3) is 0 Å². The van der Waals surface area contributed by atoms with E-state index in [4.69, 9.17) is 4.74 Å². The maximum atomic E-state index is 12.8. The van der Waals surface area contributed by atoms with Crippen molar-refractivity contribution in [1.82, 2.24) is 9.62 Å². The highest BCUT2D eigenvalue weighted by Crippen LogP contribution is 2.32. The molecule has 1 saturated carbocycles. The zero-order chi connectivity index (χ0) is 22.9. The Hall–Kier alpha value is -1.16. The van der Waals surface area contributed by atoms with Gasteiger partial charge in [0.1, 0.15) is 0 Å². The van der Waals surface area contributed by atoms with Crippen molar-refractivity contribution >= 4 is 10.0 Å². The average molecular weight is 465 g/mol. The molecule has 1 N–H and O–H groups in total. The van der Waals surface area contributed by atoms with E-state index in [0.29, 0.717) is 19.4 Å². The molecule has 1 aliphatic carbocycles. The van der Waals surface area contributed by atoms with E-state index in [1.54, 1.807) is 0 Å². The average Bonchev–Trinajstić information content (AvgIpc) is 2.75. The Morgan fingerprint density at radius 1 is 1.03 bits per heavy atom. The van der Waals surface area contributed by atoms with Crippen LogP contribution in [-0.4, -0.2) is 51.6 Å². The maximum absolute atomic E-state index is 12.8. The second kappa shape index (κ2) is 12.2. The fourth-order valence-corrected chi connectivity index (χ4v) is 5.24. The second-order valence-electron chi connectivity index (χ2n) is 8.16. The summed E-state index contributed by atoms with van der Waals surface area (Å²) >= 11 is 0. The Labute approximate surface area is 184 Å². The Balaban J connectivity index is 1.75. The maximum Gasteiger partial charge on any atom is 0.416 e. The molecular formula is C22H35F3N2O3S. The van der Waals surface area contributed by atoms with Gasteiger partial charge in [0.2, 0.25) is 10.0 Å². The van der Waals surface area contributed by atoms with Crippen molar-refractivity contribution in [2.24, 2.45) is 0 Å². The molecule has 5 nitrogen and oxygen atoms in total. The van der Waals surface area contributed by atoms with E-state index in [0.717, 1.165) is 56.6 Å². The van der Waals surface area contributed by atoms with Crippen LogP contribution in [0.3, 0.4) is 0 Å². The molecule has 1 aromatic rings. The quantitative estimate of drug-likeness (QED) is 0.451. The number of unbranched alkanes of at least 4 members (excludes halogenated alkanes) is 2. The first-order valence-corrected chi connectivity index (χ1v) is 12.6. The summed E-state index contributed by atoms with van der Waals surface area (Å²) in [5.74, 6) is 0. The van der Waals surface area contributed by atoms with E-state index in [1.165, 1.54) is 30.6 Å². The summed E-state index contributed by atoms with van der Waals surface area (Å²) in [5, 5.41) is 3.41. The smallest absolute Gasteiger partial charge is 0.378 e. The number of nitrogens with zero attached hydrogens (tertiary/aromatic N) is 1. The highest BCUT2D eigenvalue weighted by Gasteiger charge is 2.34. The van der Waals surface area contributed by atoms with Crippen LogP contribution in [0.2, 0.25) is 0 Å². The number of ether oxygens (including phenoxy) is 1. The van der Waals surface area contributed by atoms with Gasteiger partial charge in [-0.15, -0.1) is 0 Å². The van der Waals surface area contributed by atoms with E-state index >= 15 is 0 Å². The van der Waals surface area contributed by atoms with Crippen LogP contribution in [-0.2, 0) is 20.9 Å². The van der Waals surface area contributed by atoms with Gasteiger partial charge in [-0.2, -0.15) is 17.5 Å². The lowest BCUT2D eigenvalue weighted by molar-refractivity contribution is -0.137. The molecule has 0 unspecified atom stereocenters. The van der Waals surface area contributed by atoms with Gasteiger partial charge in [-0.25, -0.2) is 8.42 Å². The third-order valence-corrected chi connectivity index (χ3v) is 7.75. The molecule has 1 aromatic carbocycles. The molecule has 2 rings (SSSR count). The molecule has 0 radical (unpaired) electrons. The number of nitrogens with one attached hydrogen (secondary N) is 1. The van der Waals surface area contributed by atoms with Crippen molar-refractivity contribution in [2.75, 3.05) is 26.7 Å². The van der Waals surface area contributed by atoms with Gasteiger partial charge in [0.05, 0.1) is 16.6 Å². The fourth-order valence-electron chi connectivity index (χ4n) is 3.83. The monoisotopic (exact) mass is 464 g/mol. The van der Waals surface area contributed by atoms with Gasteiger partial charge in [-0.05, 0) is 75.9 Å². The minimum atomic E-state index is -4.49. The third kappa shape index (κ3) is 8.04. The van der Waals surface area contributed by atoms with Crippen molar-refractivity contribution in [2.45, 2.75) is 81.5 Å². The topological polar surface area (TPSA) is 58.6 Å². The summed E-state index contributed by atoms with van der Waals surface area (Å²) in [7, 11) is -2.33. The van der Waals surface area contributed by atoms with Gasteiger partial charge in [-0.3, -0.25) is 0 Å². The molecule has 0 saturated heterocycles. The van der Waals surface area contributed by atoms with E-state index in [1.807, 2.05) is 0 Å². The van der Waals surface area contributed by atoms with Crippen LogP contribution in [0.1, 0.15) is 63.9 Å². The Kier molecular flexibility index (Phi) is 10.3. The standard InChI is InChI=1S/C22H35F3N2O3S/c1-3-4-5-15-26-16-6-17-30-20-11-9-19(10-12-20)27(2)31(28,29)21-13-7-18(8-14-21)22(23,24)25/h7-8,13-14,19-20,26H,3-6,9-12,15-17H2,1-2H3/t19-,20-. The van der Waals surface area contributed by atoms with Crippen molar-refractivity contribution in [3.8, 4) is 0 Å². The first-order chi connectivity index (χ1) is 14.7. The molecule has 0 bridgehead atoms. The summed E-state index contributed by atoms with van der Waals surface area (Å²) in [6.07, 6.45) is 3.18. The SMILES string of the molecule is CCCCCNCCCO[C@H]1CC[C@H](N(C)S(=O)(=O)c2ccc(C(F)(F)F)cc2)CC1. The lowest BCUT2D eigenvalue weighted by atomic mass is 9.93.